The van der Waals surface area contributed by atoms with E-state index < -0.39 is 10.0 Å². The Bertz CT molecular complexity index is 673. The van der Waals surface area contributed by atoms with Crippen molar-refractivity contribution in [2.24, 2.45) is 13.0 Å². The van der Waals surface area contributed by atoms with Gasteiger partial charge in [-0.3, -0.25) is 9.48 Å². The first kappa shape index (κ1) is 17.9. The van der Waals surface area contributed by atoms with Crippen molar-refractivity contribution in [2.45, 2.75) is 33.1 Å². The number of rotatable bonds is 5. The number of hydrogen-bond acceptors (Lipinski definition) is 4. The van der Waals surface area contributed by atoms with Crippen LogP contribution in [-0.4, -0.2) is 54.3 Å². The Morgan fingerprint density at radius 2 is 1.91 bits per heavy atom. The van der Waals surface area contributed by atoms with Gasteiger partial charge in [0.05, 0.1) is 11.9 Å². The largest absolute Gasteiger partial charge is 0.356 e. The Labute approximate surface area is 138 Å². The lowest BCUT2D eigenvalue weighted by atomic mass is 9.97. The summed E-state index contributed by atoms with van der Waals surface area (Å²) in [6.45, 7) is 5.44. The molecule has 1 saturated heterocycles. The van der Waals surface area contributed by atoms with Crippen LogP contribution in [0.4, 0.5) is 0 Å². The van der Waals surface area contributed by atoms with Gasteiger partial charge in [-0.25, -0.2) is 12.7 Å². The summed E-state index contributed by atoms with van der Waals surface area (Å²) in [4.78, 5) is 12.2. The minimum atomic E-state index is -3.14. The number of amides is 1. The van der Waals surface area contributed by atoms with Crippen molar-refractivity contribution < 1.29 is 13.2 Å². The van der Waals surface area contributed by atoms with Crippen LogP contribution in [0.5, 0.6) is 0 Å². The third-order valence-electron chi connectivity index (χ3n) is 4.63. The van der Waals surface area contributed by atoms with Crippen LogP contribution >= 0.6 is 0 Å². The van der Waals surface area contributed by atoms with Gasteiger partial charge in [-0.1, -0.05) is 0 Å². The lowest BCUT2D eigenvalue weighted by molar-refractivity contribution is -0.126. The molecule has 7 nitrogen and oxygen atoms in total. The van der Waals surface area contributed by atoms with Crippen molar-refractivity contribution >= 4 is 15.9 Å². The van der Waals surface area contributed by atoms with Gasteiger partial charge in [0, 0.05) is 38.3 Å². The van der Waals surface area contributed by atoms with Crippen LogP contribution in [-0.2, 0) is 28.3 Å². The summed E-state index contributed by atoms with van der Waals surface area (Å²) < 4.78 is 26.2. The number of piperidine rings is 1. The molecule has 23 heavy (non-hydrogen) atoms. The second-order valence-corrected chi connectivity index (χ2v) is 8.23. The molecule has 0 atom stereocenters. The third-order valence-corrected chi connectivity index (χ3v) is 5.93. The number of sulfonamides is 1. The molecule has 8 heteroatoms. The average Bonchev–Trinajstić information content (AvgIpc) is 2.72. The highest BCUT2D eigenvalue weighted by atomic mass is 32.2. The second-order valence-electron chi connectivity index (χ2n) is 6.25. The Balaban J connectivity index is 1.80. The van der Waals surface area contributed by atoms with Gasteiger partial charge < -0.3 is 5.32 Å². The molecule has 1 aromatic rings. The van der Waals surface area contributed by atoms with Gasteiger partial charge >= 0.3 is 0 Å². The number of carbonyl (C=O) groups excluding carboxylic acids is 1. The first-order chi connectivity index (χ1) is 10.7. The van der Waals surface area contributed by atoms with Gasteiger partial charge in [0.2, 0.25) is 15.9 Å². The molecular formula is C15H26N4O3S. The minimum absolute atomic E-state index is 0.0253. The van der Waals surface area contributed by atoms with Crippen molar-refractivity contribution in [1.82, 2.24) is 19.4 Å². The topological polar surface area (TPSA) is 84.3 Å². The molecule has 0 radical (unpaired) electrons. The normalized spacial score (nSPS) is 17.4. The molecule has 130 valence electrons. The molecule has 1 N–H and O–H groups in total. The van der Waals surface area contributed by atoms with Crippen molar-refractivity contribution in [3.63, 3.8) is 0 Å². The van der Waals surface area contributed by atoms with Crippen molar-refractivity contribution in [2.75, 3.05) is 25.9 Å². The van der Waals surface area contributed by atoms with Crippen LogP contribution < -0.4 is 5.32 Å². The first-order valence-corrected chi connectivity index (χ1v) is 9.77. The summed E-state index contributed by atoms with van der Waals surface area (Å²) in [5, 5.41) is 7.35. The quantitative estimate of drug-likeness (QED) is 0.838. The van der Waals surface area contributed by atoms with E-state index in [0.717, 1.165) is 17.8 Å². The molecule has 1 fully saturated rings. The van der Waals surface area contributed by atoms with Gasteiger partial charge in [0.25, 0.3) is 0 Å². The molecule has 1 aromatic heterocycles. The van der Waals surface area contributed by atoms with Crippen molar-refractivity contribution in [1.29, 1.82) is 0 Å². The maximum atomic E-state index is 12.2. The van der Waals surface area contributed by atoms with E-state index in [1.165, 1.54) is 16.1 Å². The summed E-state index contributed by atoms with van der Waals surface area (Å²) in [5.41, 5.74) is 3.30. The van der Waals surface area contributed by atoms with Gasteiger partial charge in [-0.2, -0.15) is 5.10 Å². The Kier molecular flexibility index (Phi) is 5.46. The Morgan fingerprint density at radius 1 is 1.30 bits per heavy atom. The van der Waals surface area contributed by atoms with Gasteiger partial charge in [0.15, 0.2) is 0 Å². The maximum absolute atomic E-state index is 12.2. The summed E-state index contributed by atoms with van der Waals surface area (Å²) >= 11 is 0. The predicted octanol–water partition coefficient (Wildman–Crippen LogP) is 0.367. The van der Waals surface area contributed by atoms with Crippen LogP contribution in [0.25, 0.3) is 0 Å². The SMILES string of the molecule is Cc1nn(C)c(C)c1CCNC(=O)C1CCN(S(C)(=O)=O)CC1. The molecule has 0 aliphatic carbocycles. The molecule has 0 aromatic carbocycles. The summed E-state index contributed by atoms with van der Waals surface area (Å²) in [5.74, 6) is -0.0681. The molecule has 1 amide bonds. The van der Waals surface area contributed by atoms with E-state index in [1.807, 2.05) is 25.6 Å². The third kappa shape index (κ3) is 4.32. The lowest BCUT2D eigenvalue weighted by Gasteiger charge is -2.29. The van der Waals surface area contributed by atoms with Gasteiger partial charge in [0.1, 0.15) is 0 Å². The zero-order chi connectivity index (χ0) is 17.2. The molecule has 1 aliphatic heterocycles. The zero-order valence-electron chi connectivity index (χ0n) is 14.3. The highest BCUT2D eigenvalue weighted by Gasteiger charge is 2.28. The molecule has 0 unspecified atom stereocenters. The second kappa shape index (κ2) is 7.00. The average molecular weight is 342 g/mol. The molecule has 0 saturated carbocycles. The molecular weight excluding hydrogens is 316 g/mol. The highest BCUT2D eigenvalue weighted by molar-refractivity contribution is 7.88. The summed E-state index contributed by atoms with van der Waals surface area (Å²) in [6, 6.07) is 0. The van der Waals surface area contributed by atoms with E-state index in [9.17, 15) is 13.2 Å². The zero-order valence-corrected chi connectivity index (χ0v) is 15.1. The van der Waals surface area contributed by atoms with E-state index in [4.69, 9.17) is 0 Å². The lowest BCUT2D eigenvalue weighted by Crippen LogP contribution is -2.42. The fourth-order valence-corrected chi connectivity index (χ4v) is 3.96. The minimum Gasteiger partial charge on any atom is -0.356 e. The number of aryl methyl sites for hydroxylation is 2. The van der Waals surface area contributed by atoms with E-state index >= 15 is 0 Å². The predicted molar refractivity (Wildman–Crippen MR) is 88.5 cm³/mol. The Hall–Kier alpha value is -1.41. The number of hydrogen-bond donors (Lipinski definition) is 1. The molecule has 2 heterocycles. The van der Waals surface area contributed by atoms with Crippen LogP contribution in [0.3, 0.4) is 0 Å². The molecule has 2 rings (SSSR count). The molecule has 0 bridgehead atoms. The van der Waals surface area contributed by atoms with Gasteiger partial charge in [-0.05, 0) is 38.7 Å². The number of aromatic nitrogens is 2. The van der Waals surface area contributed by atoms with E-state index in [2.05, 4.69) is 10.4 Å². The van der Waals surface area contributed by atoms with Crippen LogP contribution in [0.2, 0.25) is 0 Å². The summed E-state index contributed by atoms with van der Waals surface area (Å²) in [7, 11) is -1.23. The van der Waals surface area contributed by atoms with Gasteiger partial charge in [-0.15, -0.1) is 0 Å². The van der Waals surface area contributed by atoms with Crippen LogP contribution in [0, 0.1) is 19.8 Å². The fourth-order valence-electron chi connectivity index (χ4n) is 3.08. The van der Waals surface area contributed by atoms with Crippen molar-refractivity contribution in [3.8, 4) is 0 Å². The number of carbonyl (C=O) groups is 1. The monoisotopic (exact) mass is 342 g/mol. The number of nitrogens with one attached hydrogen (secondary N) is 1. The standard InChI is InChI=1S/C15H26N4O3S/c1-11-14(12(2)18(3)17-11)5-8-16-15(20)13-6-9-19(10-7-13)23(4,21)22/h13H,5-10H2,1-4H3,(H,16,20). The summed E-state index contributed by atoms with van der Waals surface area (Å²) in [6.07, 6.45) is 3.15. The first-order valence-electron chi connectivity index (χ1n) is 7.92. The smallest absolute Gasteiger partial charge is 0.223 e. The van der Waals surface area contributed by atoms with E-state index in [0.29, 0.717) is 32.5 Å². The van der Waals surface area contributed by atoms with E-state index in [1.54, 1.807) is 0 Å². The maximum Gasteiger partial charge on any atom is 0.223 e. The molecule has 1 aliphatic rings. The Morgan fingerprint density at radius 3 is 2.39 bits per heavy atom. The number of nitrogens with zero attached hydrogens (tertiary/aromatic N) is 3. The van der Waals surface area contributed by atoms with Crippen LogP contribution in [0.1, 0.15) is 29.8 Å². The molecule has 0 spiro atoms. The fraction of sp³-hybridized carbons (Fsp3) is 0.733. The highest BCUT2D eigenvalue weighted by Crippen LogP contribution is 2.19. The van der Waals surface area contributed by atoms with Crippen LogP contribution in [0.15, 0.2) is 0 Å². The van der Waals surface area contributed by atoms with E-state index in [-0.39, 0.29) is 11.8 Å². The van der Waals surface area contributed by atoms with Crippen molar-refractivity contribution in [3.05, 3.63) is 17.0 Å².